The molecule has 0 bridgehead atoms. The van der Waals surface area contributed by atoms with E-state index in [1.807, 2.05) is 60.9 Å². The smallest absolute Gasteiger partial charge is 0.264 e. The summed E-state index contributed by atoms with van der Waals surface area (Å²) in [6.45, 7) is -0.124. The molecule has 2 aromatic heterocycles. The zero-order valence-electron chi connectivity index (χ0n) is 15.1. The van der Waals surface area contributed by atoms with Crippen LogP contribution in [0.1, 0.15) is 0 Å². The Hall–Kier alpha value is -3.39. The number of anilines is 1. The monoisotopic (exact) mass is 391 g/mol. The predicted molar refractivity (Wildman–Crippen MR) is 110 cm³/mol. The minimum absolute atomic E-state index is 0.124. The summed E-state index contributed by atoms with van der Waals surface area (Å²) in [5.41, 5.74) is 1.69. The third-order valence-corrected chi connectivity index (χ3v) is 5.05. The molecule has 2 heterocycles. The van der Waals surface area contributed by atoms with Gasteiger partial charge in [0.2, 0.25) is 5.91 Å². The molecule has 7 nitrogen and oxygen atoms in total. The number of hydrogen-bond donors (Lipinski definition) is 1. The highest BCUT2D eigenvalue weighted by Gasteiger charge is 2.13. The molecule has 1 amide bonds. The van der Waals surface area contributed by atoms with E-state index in [4.69, 9.17) is 0 Å². The normalized spacial score (nSPS) is 10.9. The van der Waals surface area contributed by atoms with Gasteiger partial charge >= 0.3 is 0 Å². The van der Waals surface area contributed by atoms with Crippen molar-refractivity contribution >= 4 is 34.4 Å². The zero-order valence-corrected chi connectivity index (χ0v) is 15.9. The summed E-state index contributed by atoms with van der Waals surface area (Å²) in [6, 6.07) is 17.0. The minimum atomic E-state index is -0.305. The Bertz CT molecular complexity index is 1200. The molecule has 0 aliphatic rings. The molecular weight excluding hydrogens is 374 g/mol. The van der Waals surface area contributed by atoms with Crippen molar-refractivity contribution in [2.24, 2.45) is 0 Å². The van der Waals surface area contributed by atoms with Crippen LogP contribution in [0.2, 0.25) is 0 Å². The fraction of sp³-hybridized carbons (Fsp3) is 0.100. The number of nitrogens with zero attached hydrogens (tertiary/aromatic N) is 4. The molecular formula is C20H17N5O2S. The molecule has 0 unspecified atom stereocenters. The highest BCUT2D eigenvalue weighted by molar-refractivity contribution is 7.98. The fourth-order valence-corrected chi connectivity index (χ4v) is 3.47. The lowest BCUT2D eigenvalue weighted by molar-refractivity contribution is -0.116. The summed E-state index contributed by atoms with van der Waals surface area (Å²) < 4.78 is 2.90. The topological polar surface area (TPSA) is 81.8 Å². The number of para-hydroxylation sites is 2. The van der Waals surface area contributed by atoms with Crippen LogP contribution in [-0.2, 0) is 11.3 Å². The largest absolute Gasteiger partial charge is 0.324 e. The number of carbonyl (C=O) groups is 1. The fourth-order valence-electron chi connectivity index (χ4n) is 2.91. The van der Waals surface area contributed by atoms with E-state index in [0.717, 1.165) is 16.3 Å². The highest BCUT2D eigenvalue weighted by atomic mass is 32.2. The number of hydrogen-bond acceptors (Lipinski definition) is 5. The molecule has 4 rings (SSSR count). The number of fused-ring (bicyclic) bond motifs is 1. The van der Waals surface area contributed by atoms with E-state index in [-0.39, 0.29) is 18.0 Å². The van der Waals surface area contributed by atoms with Crippen molar-refractivity contribution < 1.29 is 4.79 Å². The van der Waals surface area contributed by atoms with Gasteiger partial charge in [0.05, 0.1) is 17.6 Å². The van der Waals surface area contributed by atoms with E-state index in [1.54, 1.807) is 16.4 Å². The molecule has 0 saturated carbocycles. The Morgan fingerprint density at radius 1 is 1.11 bits per heavy atom. The van der Waals surface area contributed by atoms with Crippen LogP contribution in [0.3, 0.4) is 0 Å². The Balaban J connectivity index is 1.61. The third-order valence-electron chi connectivity index (χ3n) is 4.25. The number of thioether (sulfide) groups is 1. The maximum atomic E-state index is 12.8. The average Bonchev–Trinajstić information content (AvgIpc) is 3.16. The standard InChI is InChI=1S/C20H17N5O2S/c1-28-17-10-6-5-9-16(17)23-18(26)12-24-13-21-19-15(20(24)27)11-22-25(19)14-7-3-2-4-8-14/h2-11,13H,12H2,1H3,(H,23,26). The number of amides is 1. The maximum Gasteiger partial charge on any atom is 0.264 e. The summed E-state index contributed by atoms with van der Waals surface area (Å²) in [4.78, 5) is 30.5. The molecule has 0 saturated heterocycles. The first-order chi connectivity index (χ1) is 13.7. The van der Waals surface area contributed by atoms with Gasteiger partial charge in [0.25, 0.3) is 5.56 Å². The summed E-state index contributed by atoms with van der Waals surface area (Å²) >= 11 is 1.54. The van der Waals surface area contributed by atoms with Gasteiger partial charge in [-0.2, -0.15) is 5.10 Å². The molecule has 1 N–H and O–H groups in total. The Morgan fingerprint density at radius 3 is 2.64 bits per heavy atom. The third kappa shape index (κ3) is 3.41. The van der Waals surface area contributed by atoms with E-state index < -0.39 is 0 Å². The van der Waals surface area contributed by atoms with E-state index in [1.165, 1.54) is 17.1 Å². The van der Waals surface area contributed by atoms with Crippen LogP contribution in [0.15, 0.2) is 76.8 Å². The van der Waals surface area contributed by atoms with Gasteiger partial charge in [-0.3, -0.25) is 14.2 Å². The predicted octanol–water partition coefficient (Wildman–Crippen LogP) is 2.94. The first kappa shape index (κ1) is 18.0. The molecule has 2 aromatic carbocycles. The number of carbonyl (C=O) groups excluding carboxylic acids is 1. The highest BCUT2D eigenvalue weighted by Crippen LogP contribution is 2.24. The van der Waals surface area contributed by atoms with Crippen LogP contribution in [-0.4, -0.2) is 31.5 Å². The lowest BCUT2D eigenvalue weighted by Crippen LogP contribution is -2.28. The van der Waals surface area contributed by atoms with E-state index in [2.05, 4.69) is 15.4 Å². The van der Waals surface area contributed by atoms with Crippen molar-refractivity contribution in [3.8, 4) is 5.69 Å². The molecule has 8 heteroatoms. The Kier molecular flexibility index (Phi) is 4.94. The summed E-state index contributed by atoms with van der Waals surface area (Å²) in [7, 11) is 0. The van der Waals surface area contributed by atoms with Crippen LogP contribution in [0.4, 0.5) is 5.69 Å². The van der Waals surface area contributed by atoms with E-state index in [0.29, 0.717) is 11.0 Å². The van der Waals surface area contributed by atoms with Crippen LogP contribution in [0.5, 0.6) is 0 Å². The summed E-state index contributed by atoms with van der Waals surface area (Å²) in [5, 5.41) is 7.49. The minimum Gasteiger partial charge on any atom is -0.324 e. The van der Waals surface area contributed by atoms with E-state index >= 15 is 0 Å². The van der Waals surface area contributed by atoms with Crippen LogP contribution < -0.4 is 10.9 Å². The van der Waals surface area contributed by atoms with Gasteiger partial charge in [0.15, 0.2) is 5.65 Å². The first-order valence-electron chi connectivity index (χ1n) is 8.59. The second-order valence-corrected chi connectivity index (χ2v) is 6.90. The molecule has 140 valence electrons. The summed E-state index contributed by atoms with van der Waals surface area (Å²) in [6.07, 6.45) is 4.80. The Morgan fingerprint density at radius 2 is 1.86 bits per heavy atom. The van der Waals surface area contributed by atoms with Crippen molar-refractivity contribution in [2.45, 2.75) is 11.4 Å². The van der Waals surface area contributed by atoms with Crippen molar-refractivity contribution in [2.75, 3.05) is 11.6 Å². The second-order valence-electron chi connectivity index (χ2n) is 6.06. The molecule has 0 fully saturated rings. The van der Waals surface area contributed by atoms with E-state index in [9.17, 15) is 9.59 Å². The SMILES string of the molecule is CSc1ccccc1NC(=O)Cn1cnc2c(cnn2-c2ccccc2)c1=O. The van der Waals surface area contributed by atoms with Crippen molar-refractivity contribution in [1.29, 1.82) is 0 Å². The quantitative estimate of drug-likeness (QED) is 0.529. The van der Waals surface area contributed by atoms with Crippen LogP contribution in [0, 0.1) is 0 Å². The molecule has 0 spiro atoms. The lowest BCUT2D eigenvalue weighted by atomic mass is 10.3. The number of aromatic nitrogens is 4. The molecule has 28 heavy (non-hydrogen) atoms. The van der Waals surface area contributed by atoms with Gasteiger partial charge in [0.1, 0.15) is 18.3 Å². The van der Waals surface area contributed by atoms with Crippen molar-refractivity contribution in [3.05, 3.63) is 77.5 Å². The maximum absolute atomic E-state index is 12.8. The average molecular weight is 391 g/mol. The molecule has 0 aliphatic heterocycles. The van der Waals surface area contributed by atoms with Gasteiger partial charge < -0.3 is 5.32 Å². The van der Waals surface area contributed by atoms with Gasteiger partial charge in [-0.25, -0.2) is 9.67 Å². The van der Waals surface area contributed by atoms with Gasteiger partial charge in [0, 0.05) is 4.90 Å². The number of nitrogens with one attached hydrogen (secondary N) is 1. The lowest BCUT2D eigenvalue weighted by Gasteiger charge is -2.10. The van der Waals surface area contributed by atoms with Crippen LogP contribution >= 0.6 is 11.8 Å². The Labute approximate surface area is 165 Å². The van der Waals surface area contributed by atoms with Gasteiger partial charge in [-0.1, -0.05) is 30.3 Å². The summed E-state index contributed by atoms with van der Waals surface area (Å²) in [5.74, 6) is -0.291. The molecule has 0 aliphatic carbocycles. The zero-order chi connectivity index (χ0) is 19.5. The van der Waals surface area contributed by atoms with Crippen molar-refractivity contribution in [3.63, 3.8) is 0 Å². The number of benzene rings is 2. The van der Waals surface area contributed by atoms with Crippen LogP contribution in [0.25, 0.3) is 16.7 Å². The van der Waals surface area contributed by atoms with Gasteiger partial charge in [-0.05, 0) is 30.5 Å². The van der Waals surface area contributed by atoms with Gasteiger partial charge in [-0.15, -0.1) is 11.8 Å². The number of rotatable bonds is 5. The van der Waals surface area contributed by atoms with Crippen molar-refractivity contribution in [1.82, 2.24) is 19.3 Å². The first-order valence-corrected chi connectivity index (χ1v) is 9.81. The molecule has 0 atom stereocenters. The second kappa shape index (κ2) is 7.69. The molecule has 0 radical (unpaired) electrons. The molecule has 4 aromatic rings.